The van der Waals surface area contributed by atoms with E-state index < -0.39 is 0 Å². The highest BCUT2D eigenvalue weighted by molar-refractivity contribution is 5.60. The van der Waals surface area contributed by atoms with Crippen LogP contribution in [0, 0.1) is 0 Å². The van der Waals surface area contributed by atoms with Crippen LogP contribution in [0.25, 0.3) is 11.3 Å². The van der Waals surface area contributed by atoms with Gasteiger partial charge in [0.1, 0.15) is 5.82 Å². The van der Waals surface area contributed by atoms with Crippen LogP contribution in [0.2, 0.25) is 0 Å². The fourth-order valence-corrected chi connectivity index (χ4v) is 1.88. The highest BCUT2D eigenvalue weighted by Crippen LogP contribution is 2.21. The molecule has 0 bridgehead atoms. The van der Waals surface area contributed by atoms with Crippen molar-refractivity contribution >= 4 is 5.82 Å². The molecule has 0 aliphatic carbocycles. The summed E-state index contributed by atoms with van der Waals surface area (Å²) in [6, 6.07) is 8.55. The maximum Gasteiger partial charge on any atom is 0.145 e. The molecule has 0 aliphatic rings. The Morgan fingerprint density at radius 3 is 2.47 bits per heavy atom. The number of hydrogen-bond acceptors (Lipinski definition) is 3. The van der Waals surface area contributed by atoms with Crippen molar-refractivity contribution in [3.63, 3.8) is 0 Å². The van der Waals surface area contributed by atoms with Crippen LogP contribution in [0.5, 0.6) is 0 Å². The Hall–Kier alpha value is -1.90. The van der Waals surface area contributed by atoms with Gasteiger partial charge in [0.25, 0.3) is 0 Å². The Labute approximate surface area is 115 Å². The number of benzene rings is 1. The molecule has 0 unspecified atom stereocenters. The van der Waals surface area contributed by atoms with Crippen molar-refractivity contribution in [1.29, 1.82) is 0 Å². The van der Waals surface area contributed by atoms with E-state index in [2.05, 4.69) is 60.3 Å². The zero-order chi connectivity index (χ0) is 13.7. The summed E-state index contributed by atoms with van der Waals surface area (Å²) in [5.74, 6) is 1.39. The molecular formula is C16H21N3. The summed E-state index contributed by atoms with van der Waals surface area (Å²) in [6.45, 7) is 7.45. The molecule has 19 heavy (non-hydrogen) atoms. The third-order valence-electron chi connectivity index (χ3n) is 3.06. The van der Waals surface area contributed by atoms with Gasteiger partial charge >= 0.3 is 0 Å². The molecule has 2 aromatic rings. The molecule has 1 aromatic heterocycles. The van der Waals surface area contributed by atoms with E-state index in [1.807, 2.05) is 6.20 Å². The summed E-state index contributed by atoms with van der Waals surface area (Å²) in [7, 11) is 0. The van der Waals surface area contributed by atoms with Crippen LogP contribution < -0.4 is 5.32 Å². The van der Waals surface area contributed by atoms with Crippen LogP contribution in [-0.2, 0) is 0 Å². The fraction of sp³-hybridized carbons (Fsp3) is 0.375. The molecule has 3 nitrogen and oxygen atoms in total. The Kier molecular flexibility index (Phi) is 4.50. The summed E-state index contributed by atoms with van der Waals surface area (Å²) >= 11 is 0. The van der Waals surface area contributed by atoms with Crippen molar-refractivity contribution in [2.45, 2.75) is 33.1 Å². The van der Waals surface area contributed by atoms with Gasteiger partial charge in [-0.15, -0.1) is 0 Å². The second kappa shape index (κ2) is 6.32. The zero-order valence-electron chi connectivity index (χ0n) is 11.9. The third-order valence-corrected chi connectivity index (χ3v) is 3.06. The average Bonchev–Trinajstić information content (AvgIpc) is 2.45. The first kappa shape index (κ1) is 13.5. The molecule has 0 aliphatic heterocycles. The van der Waals surface area contributed by atoms with Crippen molar-refractivity contribution in [3.8, 4) is 11.3 Å². The lowest BCUT2D eigenvalue weighted by atomic mass is 10.0. The van der Waals surface area contributed by atoms with E-state index in [1.165, 1.54) is 5.56 Å². The van der Waals surface area contributed by atoms with Gasteiger partial charge in [-0.1, -0.05) is 45.0 Å². The number of aromatic nitrogens is 2. The van der Waals surface area contributed by atoms with Gasteiger partial charge in [0, 0.05) is 12.1 Å². The van der Waals surface area contributed by atoms with Gasteiger partial charge in [-0.05, 0) is 17.9 Å². The van der Waals surface area contributed by atoms with Crippen LogP contribution in [0.4, 0.5) is 5.82 Å². The summed E-state index contributed by atoms with van der Waals surface area (Å²) in [5, 5.41) is 3.26. The van der Waals surface area contributed by atoms with E-state index >= 15 is 0 Å². The second-order valence-corrected chi connectivity index (χ2v) is 4.99. The van der Waals surface area contributed by atoms with Crippen LogP contribution in [0.15, 0.2) is 36.7 Å². The van der Waals surface area contributed by atoms with Gasteiger partial charge in [0.2, 0.25) is 0 Å². The lowest BCUT2D eigenvalue weighted by Crippen LogP contribution is -2.02. The predicted octanol–water partition coefficient (Wildman–Crippen LogP) is 4.09. The largest absolute Gasteiger partial charge is 0.369 e. The summed E-state index contributed by atoms with van der Waals surface area (Å²) in [6.07, 6.45) is 4.65. The Morgan fingerprint density at radius 1 is 1.11 bits per heavy atom. The van der Waals surface area contributed by atoms with Crippen molar-refractivity contribution in [2.24, 2.45) is 0 Å². The molecule has 100 valence electrons. The van der Waals surface area contributed by atoms with Crippen molar-refractivity contribution in [3.05, 3.63) is 42.2 Å². The molecule has 1 aromatic carbocycles. The second-order valence-electron chi connectivity index (χ2n) is 4.99. The number of nitrogens with one attached hydrogen (secondary N) is 1. The van der Waals surface area contributed by atoms with Crippen LogP contribution >= 0.6 is 0 Å². The lowest BCUT2D eigenvalue weighted by molar-refractivity contribution is 0.867. The van der Waals surface area contributed by atoms with Crippen LogP contribution in [-0.4, -0.2) is 16.5 Å². The first-order valence-electron chi connectivity index (χ1n) is 6.87. The van der Waals surface area contributed by atoms with Gasteiger partial charge < -0.3 is 5.32 Å². The molecule has 0 atom stereocenters. The first-order chi connectivity index (χ1) is 9.20. The lowest BCUT2D eigenvalue weighted by Gasteiger charge is -2.08. The van der Waals surface area contributed by atoms with Gasteiger partial charge in [-0.3, -0.25) is 4.98 Å². The number of anilines is 1. The topological polar surface area (TPSA) is 37.8 Å². The minimum atomic E-state index is 0.553. The molecular weight excluding hydrogens is 234 g/mol. The molecule has 3 heteroatoms. The SMILES string of the molecule is CCCNc1cncc(-c2ccc(C(C)C)cc2)n1. The van der Waals surface area contributed by atoms with E-state index in [4.69, 9.17) is 0 Å². The molecule has 0 amide bonds. The predicted molar refractivity (Wildman–Crippen MR) is 80.3 cm³/mol. The molecule has 0 saturated heterocycles. The minimum Gasteiger partial charge on any atom is -0.369 e. The minimum absolute atomic E-state index is 0.553. The van der Waals surface area contributed by atoms with E-state index in [0.717, 1.165) is 30.0 Å². The Morgan fingerprint density at radius 2 is 1.84 bits per heavy atom. The van der Waals surface area contributed by atoms with Crippen LogP contribution in [0.3, 0.4) is 0 Å². The summed E-state index contributed by atoms with van der Waals surface area (Å²) in [4.78, 5) is 8.83. The average molecular weight is 255 g/mol. The van der Waals surface area contributed by atoms with Crippen molar-refractivity contribution in [2.75, 3.05) is 11.9 Å². The molecule has 1 heterocycles. The Balaban J connectivity index is 2.21. The quantitative estimate of drug-likeness (QED) is 0.874. The number of hydrogen-bond donors (Lipinski definition) is 1. The first-order valence-corrected chi connectivity index (χ1v) is 6.87. The molecule has 2 rings (SSSR count). The van der Waals surface area contributed by atoms with E-state index in [9.17, 15) is 0 Å². The Bertz CT molecular complexity index is 518. The summed E-state index contributed by atoms with van der Waals surface area (Å²) < 4.78 is 0. The van der Waals surface area contributed by atoms with E-state index in [0.29, 0.717) is 5.92 Å². The normalized spacial score (nSPS) is 10.7. The molecule has 0 radical (unpaired) electrons. The highest BCUT2D eigenvalue weighted by Gasteiger charge is 2.03. The van der Waals surface area contributed by atoms with Crippen LogP contribution in [0.1, 0.15) is 38.7 Å². The van der Waals surface area contributed by atoms with Gasteiger partial charge in [0.05, 0.1) is 18.1 Å². The zero-order valence-corrected chi connectivity index (χ0v) is 11.9. The highest BCUT2D eigenvalue weighted by atomic mass is 15.0. The molecule has 1 N–H and O–H groups in total. The molecule has 0 spiro atoms. The van der Waals surface area contributed by atoms with Gasteiger partial charge in [-0.2, -0.15) is 0 Å². The monoisotopic (exact) mass is 255 g/mol. The molecule has 0 saturated carbocycles. The van der Waals surface area contributed by atoms with E-state index in [-0.39, 0.29) is 0 Å². The van der Waals surface area contributed by atoms with Crippen molar-refractivity contribution < 1.29 is 0 Å². The van der Waals surface area contributed by atoms with Gasteiger partial charge in [0.15, 0.2) is 0 Å². The van der Waals surface area contributed by atoms with Crippen molar-refractivity contribution in [1.82, 2.24) is 9.97 Å². The maximum atomic E-state index is 4.58. The number of nitrogens with zero attached hydrogens (tertiary/aromatic N) is 2. The third kappa shape index (κ3) is 3.53. The molecule has 0 fully saturated rings. The van der Waals surface area contributed by atoms with Gasteiger partial charge in [-0.25, -0.2) is 4.98 Å². The standard InChI is InChI=1S/C16H21N3/c1-4-9-18-16-11-17-10-15(19-16)14-7-5-13(6-8-14)12(2)3/h5-8,10-12H,4,9H2,1-3H3,(H,18,19). The number of rotatable bonds is 5. The summed E-state index contributed by atoms with van der Waals surface area (Å²) in [5.41, 5.74) is 3.37. The smallest absolute Gasteiger partial charge is 0.145 e. The maximum absolute atomic E-state index is 4.58. The fourth-order valence-electron chi connectivity index (χ4n) is 1.88. The van der Waals surface area contributed by atoms with E-state index in [1.54, 1.807) is 6.20 Å².